The Balaban J connectivity index is 1.73. The van der Waals surface area contributed by atoms with Gasteiger partial charge in [-0.05, 0) is 31.9 Å². The van der Waals surface area contributed by atoms with Gasteiger partial charge in [0.25, 0.3) is 0 Å². The Kier molecular flexibility index (Phi) is 4.24. The van der Waals surface area contributed by atoms with Gasteiger partial charge in [0.1, 0.15) is 5.75 Å². The van der Waals surface area contributed by atoms with Crippen LogP contribution >= 0.6 is 0 Å². The van der Waals surface area contributed by atoms with Crippen molar-refractivity contribution < 1.29 is 9.53 Å². The number of hydrogen-bond donors (Lipinski definition) is 1. The number of benzene rings is 1. The minimum Gasteiger partial charge on any atom is -0.494 e. The van der Waals surface area contributed by atoms with Crippen LogP contribution in [0.4, 0.5) is 0 Å². The highest BCUT2D eigenvalue weighted by atomic mass is 16.5. The molecule has 1 aromatic carbocycles. The van der Waals surface area contributed by atoms with Crippen LogP contribution in [0.25, 0.3) is 0 Å². The molecule has 18 heavy (non-hydrogen) atoms. The van der Waals surface area contributed by atoms with Gasteiger partial charge >= 0.3 is 0 Å². The van der Waals surface area contributed by atoms with Crippen molar-refractivity contribution >= 4 is 5.91 Å². The Morgan fingerprint density at radius 3 is 2.67 bits per heavy atom. The first kappa shape index (κ1) is 12.9. The molecule has 3 heteroatoms. The lowest BCUT2D eigenvalue weighted by molar-refractivity contribution is -0.122. The Labute approximate surface area is 109 Å². The third-order valence-electron chi connectivity index (χ3n) is 3.54. The molecule has 0 aromatic heterocycles. The number of ether oxygens (including phenoxy) is 1. The number of nitrogens with one attached hydrogen (secondary N) is 1. The fraction of sp³-hybridized carbons (Fsp3) is 0.533. The Bertz CT molecular complexity index is 399. The molecule has 98 valence electrons. The normalized spacial score (nSPS) is 22.9. The highest BCUT2D eigenvalue weighted by molar-refractivity contribution is 5.81. The molecule has 1 saturated heterocycles. The molecule has 1 aliphatic heterocycles. The second kappa shape index (κ2) is 5.89. The number of rotatable bonds is 5. The van der Waals surface area contributed by atoms with Gasteiger partial charge in [-0.1, -0.05) is 24.6 Å². The van der Waals surface area contributed by atoms with Crippen LogP contribution in [0.3, 0.4) is 0 Å². The van der Waals surface area contributed by atoms with Crippen molar-refractivity contribution in [2.45, 2.75) is 39.2 Å². The maximum Gasteiger partial charge on any atom is 0.223 e. The summed E-state index contributed by atoms with van der Waals surface area (Å²) in [6, 6.07) is 8.34. The van der Waals surface area contributed by atoms with Crippen molar-refractivity contribution in [3.63, 3.8) is 0 Å². The van der Waals surface area contributed by atoms with Crippen molar-refractivity contribution in [3.8, 4) is 5.75 Å². The van der Waals surface area contributed by atoms with E-state index in [0.717, 1.165) is 25.0 Å². The highest BCUT2D eigenvalue weighted by Gasteiger charge is 2.29. The average molecular weight is 247 g/mol. The third kappa shape index (κ3) is 3.25. The molecular formula is C15H21NO2. The summed E-state index contributed by atoms with van der Waals surface area (Å²) in [5.41, 5.74) is 1.23. The molecule has 1 amide bonds. The number of hydrogen-bond acceptors (Lipinski definition) is 2. The van der Waals surface area contributed by atoms with Gasteiger partial charge in [-0.3, -0.25) is 4.79 Å². The number of amides is 1. The molecule has 1 N–H and O–H groups in total. The second-order valence-electron chi connectivity index (χ2n) is 5.00. The van der Waals surface area contributed by atoms with Gasteiger partial charge in [-0.15, -0.1) is 0 Å². The van der Waals surface area contributed by atoms with Crippen molar-refractivity contribution in [2.75, 3.05) is 6.61 Å². The monoisotopic (exact) mass is 247 g/mol. The molecular weight excluding hydrogens is 226 g/mol. The lowest BCUT2D eigenvalue weighted by Crippen LogP contribution is -2.27. The van der Waals surface area contributed by atoms with Gasteiger partial charge in [0.2, 0.25) is 5.91 Å². The van der Waals surface area contributed by atoms with Crippen LogP contribution in [0.2, 0.25) is 0 Å². The predicted molar refractivity (Wildman–Crippen MR) is 71.6 cm³/mol. The van der Waals surface area contributed by atoms with Gasteiger partial charge in [0.05, 0.1) is 6.61 Å². The van der Waals surface area contributed by atoms with Gasteiger partial charge < -0.3 is 10.1 Å². The van der Waals surface area contributed by atoms with E-state index in [1.54, 1.807) is 0 Å². The first-order valence-electron chi connectivity index (χ1n) is 6.69. The summed E-state index contributed by atoms with van der Waals surface area (Å²) in [7, 11) is 0. The summed E-state index contributed by atoms with van der Waals surface area (Å²) in [6.07, 6.45) is 2.77. The quantitative estimate of drug-likeness (QED) is 0.868. The molecule has 0 radical (unpaired) electrons. The summed E-state index contributed by atoms with van der Waals surface area (Å²) in [4.78, 5) is 11.5. The SMILES string of the molecule is CCC1CC(CCOc2ccc(C)cc2)NC1=O. The Morgan fingerprint density at radius 2 is 2.06 bits per heavy atom. The van der Waals surface area contributed by atoms with Gasteiger partial charge in [-0.2, -0.15) is 0 Å². The molecule has 2 rings (SSSR count). The summed E-state index contributed by atoms with van der Waals surface area (Å²) >= 11 is 0. The standard InChI is InChI=1S/C15H21NO2/c1-3-12-10-13(16-15(12)17)8-9-18-14-6-4-11(2)5-7-14/h4-7,12-13H,3,8-10H2,1-2H3,(H,16,17). The lowest BCUT2D eigenvalue weighted by atomic mass is 10.0. The zero-order chi connectivity index (χ0) is 13.0. The summed E-state index contributed by atoms with van der Waals surface area (Å²) in [6.45, 7) is 4.78. The first-order chi connectivity index (χ1) is 8.69. The lowest BCUT2D eigenvalue weighted by Gasteiger charge is -2.11. The molecule has 0 spiro atoms. The number of aryl methyl sites for hydroxylation is 1. The van der Waals surface area contributed by atoms with E-state index in [-0.39, 0.29) is 17.9 Å². The summed E-state index contributed by atoms with van der Waals surface area (Å²) in [5.74, 6) is 1.31. The van der Waals surface area contributed by atoms with Gasteiger partial charge in [-0.25, -0.2) is 0 Å². The molecule has 0 aliphatic carbocycles. The minimum atomic E-state index is 0.203. The van der Waals surface area contributed by atoms with E-state index >= 15 is 0 Å². The molecule has 0 saturated carbocycles. The van der Waals surface area contributed by atoms with Crippen LogP contribution in [0.15, 0.2) is 24.3 Å². The van der Waals surface area contributed by atoms with Crippen molar-refractivity contribution in [1.29, 1.82) is 0 Å². The number of carbonyl (C=O) groups is 1. The Hall–Kier alpha value is -1.51. The molecule has 1 fully saturated rings. The largest absolute Gasteiger partial charge is 0.494 e. The van der Waals surface area contributed by atoms with Gasteiger partial charge in [0, 0.05) is 18.4 Å². The van der Waals surface area contributed by atoms with Crippen LogP contribution in [0, 0.1) is 12.8 Å². The summed E-state index contributed by atoms with van der Waals surface area (Å²) in [5, 5.41) is 3.03. The zero-order valence-corrected chi connectivity index (χ0v) is 11.1. The molecule has 2 unspecified atom stereocenters. The van der Waals surface area contributed by atoms with Crippen LogP contribution in [0.5, 0.6) is 5.75 Å². The van der Waals surface area contributed by atoms with Crippen LogP contribution in [0.1, 0.15) is 31.7 Å². The second-order valence-corrected chi connectivity index (χ2v) is 5.00. The smallest absolute Gasteiger partial charge is 0.223 e. The number of carbonyl (C=O) groups excluding carboxylic acids is 1. The van der Waals surface area contributed by atoms with Crippen molar-refractivity contribution in [2.24, 2.45) is 5.92 Å². The van der Waals surface area contributed by atoms with Crippen LogP contribution in [-0.4, -0.2) is 18.6 Å². The van der Waals surface area contributed by atoms with E-state index in [9.17, 15) is 4.79 Å². The molecule has 1 aliphatic rings. The highest BCUT2D eigenvalue weighted by Crippen LogP contribution is 2.21. The minimum absolute atomic E-state index is 0.203. The molecule has 2 atom stereocenters. The fourth-order valence-electron chi connectivity index (χ4n) is 2.32. The maximum atomic E-state index is 11.5. The average Bonchev–Trinajstić information content (AvgIpc) is 2.72. The molecule has 1 heterocycles. The van der Waals surface area contributed by atoms with Gasteiger partial charge in [0.15, 0.2) is 0 Å². The first-order valence-corrected chi connectivity index (χ1v) is 6.69. The molecule has 0 bridgehead atoms. The zero-order valence-electron chi connectivity index (χ0n) is 11.1. The fourth-order valence-corrected chi connectivity index (χ4v) is 2.32. The summed E-state index contributed by atoms with van der Waals surface area (Å²) < 4.78 is 5.68. The van der Waals surface area contributed by atoms with Crippen LogP contribution < -0.4 is 10.1 Å². The van der Waals surface area contributed by atoms with E-state index in [0.29, 0.717) is 6.61 Å². The van der Waals surface area contributed by atoms with E-state index in [1.807, 2.05) is 24.3 Å². The Morgan fingerprint density at radius 1 is 1.33 bits per heavy atom. The van der Waals surface area contributed by atoms with E-state index in [1.165, 1.54) is 5.56 Å². The molecule has 1 aromatic rings. The van der Waals surface area contributed by atoms with E-state index in [4.69, 9.17) is 4.74 Å². The van der Waals surface area contributed by atoms with E-state index in [2.05, 4.69) is 19.2 Å². The third-order valence-corrected chi connectivity index (χ3v) is 3.54. The van der Waals surface area contributed by atoms with Crippen molar-refractivity contribution in [3.05, 3.63) is 29.8 Å². The van der Waals surface area contributed by atoms with Crippen molar-refractivity contribution in [1.82, 2.24) is 5.32 Å². The maximum absolute atomic E-state index is 11.5. The topological polar surface area (TPSA) is 38.3 Å². The van der Waals surface area contributed by atoms with Crippen LogP contribution in [-0.2, 0) is 4.79 Å². The predicted octanol–water partition coefficient (Wildman–Crippen LogP) is 2.68. The van der Waals surface area contributed by atoms with E-state index < -0.39 is 0 Å². The molecule has 3 nitrogen and oxygen atoms in total.